The third kappa shape index (κ3) is 3.16. The topological polar surface area (TPSA) is 39.4 Å². The molecule has 0 N–H and O–H groups in total. The second-order valence-electron chi connectivity index (χ2n) is 5.12. The standard InChI is InChI=1S/C15H21N3OSi/c1-11-15(18(3)10-16-11)12(2)17-13-8-6-7-9-14(13)19-20(4)5/h6-10,20H,1-5H3. The smallest absolute Gasteiger partial charge is 0.229 e. The van der Waals surface area contributed by atoms with E-state index < -0.39 is 9.04 Å². The van der Waals surface area contributed by atoms with E-state index >= 15 is 0 Å². The van der Waals surface area contributed by atoms with Gasteiger partial charge in [-0.15, -0.1) is 0 Å². The van der Waals surface area contributed by atoms with Crippen LogP contribution in [-0.4, -0.2) is 24.3 Å². The predicted molar refractivity (Wildman–Crippen MR) is 85.8 cm³/mol. The normalized spacial score (nSPS) is 12.0. The second kappa shape index (κ2) is 6.05. The van der Waals surface area contributed by atoms with Crippen LogP contribution in [0.25, 0.3) is 0 Å². The van der Waals surface area contributed by atoms with Gasteiger partial charge in [-0.05, 0) is 39.1 Å². The summed E-state index contributed by atoms with van der Waals surface area (Å²) in [6, 6.07) is 7.93. The van der Waals surface area contributed by atoms with Gasteiger partial charge < -0.3 is 8.99 Å². The first-order valence-electron chi connectivity index (χ1n) is 6.78. The van der Waals surface area contributed by atoms with Crippen LogP contribution in [0.4, 0.5) is 5.69 Å². The van der Waals surface area contributed by atoms with Gasteiger partial charge in [-0.3, -0.25) is 0 Å². The van der Waals surface area contributed by atoms with Gasteiger partial charge in [0.2, 0.25) is 9.04 Å². The van der Waals surface area contributed by atoms with Crippen molar-refractivity contribution >= 4 is 20.4 Å². The number of imidazole rings is 1. The lowest BCUT2D eigenvalue weighted by Gasteiger charge is -2.12. The van der Waals surface area contributed by atoms with E-state index in [1.807, 2.05) is 56.1 Å². The molecule has 0 saturated carbocycles. The molecule has 0 radical (unpaired) electrons. The first kappa shape index (κ1) is 14.5. The average molecular weight is 287 g/mol. The summed E-state index contributed by atoms with van der Waals surface area (Å²) in [7, 11) is 0.845. The molecule has 0 atom stereocenters. The summed E-state index contributed by atoms with van der Waals surface area (Å²) < 4.78 is 7.93. The zero-order valence-corrected chi connectivity index (χ0v) is 13.9. The van der Waals surface area contributed by atoms with Crippen molar-refractivity contribution in [1.82, 2.24) is 9.55 Å². The van der Waals surface area contributed by atoms with Crippen LogP contribution >= 0.6 is 0 Å². The fourth-order valence-corrected chi connectivity index (χ4v) is 2.91. The molecule has 0 saturated heterocycles. The van der Waals surface area contributed by atoms with E-state index in [0.29, 0.717) is 0 Å². The van der Waals surface area contributed by atoms with E-state index in [4.69, 9.17) is 9.42 Å². The number of nitrogens with zero attached hydrogens (tertiary/aromatic N) is 3. The highest BCUT2D eigenvalue weighted by Gasteiger charge is 2.10. The van der Waals surface area contributed by atoms with Crippen LogP contribution < -0.4 is 4.43 Å². The molecule has 0 bridgehead atoms. The molecule has 106 valence electrons. The molecule has 0 fully saturated rings. The van der Waals surface area contributed by atoms with Gasteiger partial charge in [0, 0.05) is 7.05 Å². The third-order valence-electron chi connectivity index (χ3n) is 2.98. The lowest BCUT2D eigenvalue weighted by Crippen LogP contribution is -2.11. The van der Waals surface area contributed by atoms with Crippen molar-refractivity contribution in [3.8, 4) is 5.75 Å². The number of benzene rings is 1. The molecule has 2 aromatic rings. The van der Waals surface area contributed by atoms with E-state index in [0.717, 1.165) is 28.5 Å². The number of aromatic nitrogens is 2. The minimum absolute atomic E-state index is 0.869. The van der Waals surface area contributed by atoms with Gasteiger partial charge in [-0.1, -0.05) is 12.1 Å². The number of hydrogen-bond donors (Lipinski definition) is 0. The Balaban J connectivity index is 2.40. The minimum Gasteiger partial charge on any atom is -0.546 e. The molecule has 1 aromatic carbocycles. The molecule has 0 spiro atoms. The van der Waals surface area contributed by atoms with Crippen molar-refractivity contribution in [2.45, 2.75) is 26.9 Å². The number of hydrogen-bond acceptors (Lipinski definition) is 3. The zero-order chi connectivity index (χ0) is 14.7. The van der Waals surface area contributed by atoms with Gasteiger partial charge >= 0.3 is 0 Å². The molecule has 0 aliphatic heterocycles. The van der Waals surface area contributed by atoms with Crippen LogP contribution in [0.1, 0.15) is 18.3 Å². The fourth-order valence-electron chi connectivity index (χ4n) is 2.20. The van der Waals surface area contributed by atoms with Crippen molar-refractivity contribution < 1.29 is 4.43 Å². The Morgan fingerprint density at radius 1 is 1.30 bits per heavy atom. The van der Waals surface area contributed by atoms with Gasteiger partial charge in [-0.2, -0.15) is 0 Å². The summed E-state index contributed by atoms with van der Waals surface area (Å²) in [5.41, 5.74) is 3.88. The lowest BCUT2D eigenvalue weighted by atomic mass is 10.2. The van der Waals surface area contributed by atoms with Crippen LogP contribution in [0.5, 0.6) is 5.75 Å². The highest BCUT2D eigenvalue weighted by atomic mass is 28.3. The SMILES string of the molecule is CC(=Nc1ccccc1O[SiH](C)C)c1c(C)ncn1C. The summed E-state index contributed by atoms with van der Waals surface area (Å²) in [5.74, 6) is 0.869. The van der Waals surface area contributed by atoms with Crippen molar-refractivity contribution in [3.63, 3.8) is 0 Å². The van der Waals surface area contributed by atoms with Gasteiger partial charge in [-0.25, -0.2) is 9.98 Å². The maximum absolute atomic E-state index is 5.93. The van der Waals surface area contributed by atoms with Crippen molar-refractivity contribution in [2.24, 2.45) is 12.0 Å². The van der Waals surface area contributed by atoms with E-state index in [2.05, 4.69) is 18.1 Å². The molecule has 5 heteroatoms. The van der Waals surface area contributed by atoms with Gasteiger partial charge in [0.25, 0.3) is 0 Å². The average Bonchev–Trinajstić information content (AvgIpc) is 2.71. The molecule has 1 heterocycles. The first-order chi connectivity index (χ1) is 9.49. The van der Waals surface area contributed by atoms with Crippen LogP contribution in [0.15, 0.2) is 35.6 Å². The predicted octanol–water partition coefficient (Wildman–Crippen LogP) is 3.23. The van der Waals surface area contributed by atoms with Crippen LogP contribution in [0, 0.1) is 6.92 Å². The number of para-hydroxylation sites is 2. The molecule has 20 heavy (non-hydrogen) atoms. The summed E-state index contributed by atoms with van der Waals surface area (Å²) in [5, 5.41) is 0. The number of aryl methyl sites for hydroxylation is 2. The fraction of sp³-hybridized carbons (Fsp3) is 0.333. The van der Waals surface area contributed by atoms with E-state index in [-0.39, 0.29) is 0 Å². The van der Waals surface area contributed by atoms with Crippen LogP contribution in [0.2, 0.25) is 13.1 Å². The van der Waals surface area contributed by atoms with Crippen molar-refractivity contribution in [1.29, 1.82) is 0 Å². The Hall–Kier alpha value is -1.88. The first-order valence-corrected chi connectivity index (χ1v) is 9.56. The molecule has 2 rings (SSSR count). The molecule has 4 nitrogen and oxygen atoms in total. The van der Waals surface area contributed by atoms with Crippen LogP contribution in [0.3, 0.4) is 0 Å². The van der Waals surface area contributed by atoms with Gasteiger partial charge in [0.15, 0.2) is 0 Å². The second-order valence-corrected chi connectivity index (χ2v) is 7.45. The summed E-state index contributed by atoms with van der Waals surface area (Å²) in [6.45, 7) is 8.31. The van der Waals surface area contributed by atoms with Crippen LogP contribution in [-0.2, 0) is 7.05 Å². The summed E-state index contributed by atoms with van der Waals surface area (Å²) >= 11 is 0. The van der Waals surface area contributed by atoms with E-state index in [1.54, 1.807) is 0 Å². The van der Waals surface area contributed by atoms with E-state index in [9.17, 15) is 0 Å². The molecular weight excluding hydrogens is 266 g/mol. The maximum atomic E-state index is 5.93. The molecule has 0 aliphatic carbocycles. The minimum atomic E-state index is -1.14. The largest absolute Gasteiger partial charge is 0.546 e. The maximum Gasteiger partial charge on any atom is 0.229 e. The zero-order valence-electron chi connectivity index (χ0n) is 12.7. The monoisotopic (exact) mass is 287 g/mol. The Bertz CT molecular complexity index is 612. The van der Waals surface area contributed by atoms with Gasteiger partial charge in [0.05, 0.1) is 23.4 Å². The lowest BCUT2D eigenvalue weighted by molar-refractivity contribution is 0.582. The molecule has 1 aromatic heterocycles. The highest BCUT2D eigenvalue weighted by molar-refractivity contribution is 6.49. The van der Waals surface area contributed by atoms with Crippen molar-refractivity contribution in [2.75, 3.05) is 0 Å². The van der Waals surface area contributed by atoms with E-state index in [1.165, 1.54) is 0 Å². The molecular formula is C15H21N3OSi. The van der Waals surface area contributed by atoms with Crippen molar-refractivity contribution in [3.05, 3.63) is 42.0 Å². The quantitative estimate of drug-likeness (QED) is 0.640. The summed E-state index contributed by atoms with van der Waals surface area (Å²) in [4.78, 5) is 9.04. The third-order valence-corrected chi connectivity index (χ3v) is 3.70. The Kier molecular flexibility index (Phi) is 4.39. The molecule has 0 aliphatic rings. The number of rotatable bonds is 4. The number of aliphatic imine (C=N–C) groups is 1. The summed E-state index contributed by atoms with van der Waals surface area (Å²) in [6.07, 6.45) is 1.81. The Labute approximate surface area is 121 Å². The Morgan fingerprint density at radius 3 is 2.60 bits per heavy atom. The van der Waals surface area contributed by atoms with Gasteiger partial charge in [0.1, 0.15) is 11.4 Å². The molecule has 0 amide bonds. The molecule has 0 unspecified atom stereocenters. The Morgan fingerprint density at radius 2 is 2.00 bits per heavy atom. The highest BCUT2D eigenvalue weighted by Crippen LogP contribution is 2.28.